The molecular weight excluding hydrogens is 307 g/mol. The summed E-state index contributed by atoms with van der Waals surface area (Å²) in [6, 6.07) is 5.82. The molecule has 0 aliphatic carbocycles. The van der Waals surface area contributed by atoms with Gasteiger partial charge in [-0.05, 0) is 30.5 Å². The minimum atomic E-state index is -0.156. The Balaban J connectivity index is 1.53. The Labute approximate surface area is 143 Å². The summed E-state index contributed by atoms with van der Waals surface area (Å²) in [5, 5.41) is 3.41. The normalized spacial score (nSPS) is 22.9. The zero-order chi connectivity index (χ0) is 16.9. The average Bonchev–Trinajstić information content (AvgIpc) is 3.09. The minimum absolute atomic E-state index is 0.156. The third-order valence-corrected chi connectivity index (χ3v) is 4.91. The smallest absolute Gasteiger partial charge is 0.193 e. The first-order chi connectivity index (χ1) is 11.7. The summed E-state index contributed by atoms with van der Waals surface area (Å²) in [5.74, 6) is 0.767. The Hall–Kier alpha value is -1.66. The second-order valence-corrected chi connectivity index (χ2v) is 6.52. The molecule has 0 amide bonds. The van der Waals surface area contributed by atoms with Crippen molar-refractivity contribution in [3.8, 4) is 0 Å². The summed E-state index contributed by atoms with van der Waals surface area (Å²) >= 11 is 0. The largest absolute Gasteiger partial charge is 0.379 e. The van der Waals surface area contributed by atoms with E-state index in [4.69, 9.17) is 4.74 Å². The number of hydrogen-bond acceptors (Lipinski definition) is 3. The number of morpholine rings is 1. The Morgan fingerprint density at radius 1 is 1.33 bits per heavy atom. The molecule has 0 saturated carbocycles. The molecule has 1 aromatic rings. The Morgan fingerprint density at radius 2 is 2.12 bits per heavy atom. The molecule has 3 rings (SSSR count). The van der Waals surface area contributed by atoms with Crippen LogP contribution in [0.25, 0.3) is 0 Å². The average molecular weight is 334 g/mol. The molecule has 5 nitrogen and oxygen atoms in total. The Bertz CT molecular complexity index is 586. The number of aryl methyl sites for hydroxylation is 1. The van der Waals surface area contributed by atoms with E-state index in [0.717, 1.165) is 57.3 Å². The van der Waals surface area contributed by atoms with Gasteiger partial charge in [-0.2, -0.15) is 0 Å². The van der Waals surface area contributed by atoms with E-state index >= 15 is 0 Å². The molecule has 132 valence electrons. The van der Waals surface area contributed by atoms with E-state index in [0.29, 0.717) is 18.2 Å². The van der Waals surface area contributed by atoms with Gasteiger partial charge in [0.1, 0.15) is 5.82 Å². The maximum Gasteiger partial charge on any atom is 0.193 e. The highest BCUT2D eigenvalue weighted by Gasteiger charge is 2.30. The van der Waals surface area contributed by atoms with E-state index in [-0.39, 0.29) is 5.82 Å². The molecule has 0 radical (unpaired) electrons. The van der Waals surface area contributed by atoms with E-state index in [1.807, 2.05) is 19.2 Å². The molecule has 24 heavy (non-hydrogen) atoms. The zero-order valence-electron chi connectivity index (χ0n) is 14.6. The molecule has 2 aliphatic rings. The van der Waals surface area contributed by atoms with Crippen LogP contribution < -0.4 is 5.32 Å². The van der Waals surface area contributed by atoms with Crippen molar-refractivity contribution in [2.24, 2.45) is 4.99 Å². The van der Waals surface area contributed by atoms with Crippen molar-refractivity contribution in [2.45, 2.75) is 25.9 Å². The summed E-state index contributed by atoms with van der Waals surface area (Å²) < 4.78 is 18.8. The van der Waals surface area contributed by atoms with Crippen molar-refractivity contribution >= 4 is 5.96 Å². The maximum atomic E-state index is 13.4. The van der Waals surface area contributed by atoms with Crippen LogP contribution in [-0.4, -0.2) is 68.2 Å². The summed E-state index contributed by atoms with van der Waals surface area (Å²) in [4.78, 5) is 9.26. The number of aliphatic imine (C=N–C) groups is 1. The number of ether oxygens (including phenoxy) is 1. The van der Waals surface area contributed by atoms with Crippen LogP contribution in [0.4, 0.5) is 4.39 Å². The van der Waals surface area contributed by atoms with Crippen molar-refractivity contribution in [3.05, 3.63) is 35.1 Å². The van der Waals surface area contributed by atoms with E-state index < -0.39 is 0 Å². The van der Waals surface area contributed by atoms with Crippen molar-refractivity contribution in [3.63, 3.8) is 0 Å². The number of benzene rings is 1. The van der Waals surface area contributed by atoms with Crippen molar-refractivity contribution < 1.29 is 9.13 Å². The molecule has 1 unspecified atom stereocenters. The molecule has 2 heterocycles. The number of nitrogens with one attached hydrogen (secondary N) is 1. The second kappa shape index (κ2) is 7.94. The number of rotatable bonds is 3. The zero-order valence-corrected chi connectivity index (χ0v) is 14.6. The number of guanidine groups is 1. The van der Waals surface area contributed by atoms with Gasteiger partial charge >= 0.3 is 0 Å². The summed E-state index contributed by atoms with van der Waals surface area (Å²) in [6.07, 6.45) is 1.16. The summed E-state index contributed by atoms with van der Waals surface area (Å²) in [6.45, 7) is 8.21. The van der Waals surface area contributed by atoms with Gasteiger partial charge in [0.2, 0.25) is 0 Å². The van der Waals surface area contributed by atoms with Crippen molar-refractivity contribution in [1.82, 2.24) is 15.1 Å². The molecule has 2 fully saturated rings. The second-order valence-electron chi connectivity index (χ2n) is 6.52. The van der Waals surface area contributed by atoms with Gasteiger partial charge in [0.15, 0.2) is 5.96 Å². The highest BCUT2D eigenvalue weighted by molar-refractivity contribution is 5.80. The molecule has 2 aliphatic heterocycles. The monoisotopic (exact) mass is 334 g/mol. The summed E-state index contributed by atoms with van der Waals surface area (Å²) in [5.41, 5.74) is 1.75. The lowest BCUT2D eigenvalue weighted by Crippen LogP contribution is -2.46. The van der Waals surface area contributed by atoms with Crippen LogP contribution in [0.15, 0.2) is 23.2 Å². The molecule has 0 spiro atoms. The van der Waals surface area contributed by atoms with Gasteiger partial charge in [-0.3, -0.25) is 9.89 Å². The van der Waals surface area contributed by atoms with Crippen molar-refractivity contribution in [1.29, 1.82) is 0 Å². The first-order valence-corrected chi connectivity index (χ1v) is 8.70. The number of halogens is 1. The predicted molar refractivity (Wildman–Crippen MR) is 93.7 cm³/mol. The Morgan fingerprint density at radius 3 is 2.83 bits per heavy atom. The molecule has 1 atom stereocenters. The highest BCUT2D eigenvalue weighted by Crippen LogP contribution is 2.17. The van der Waals surface area contributed by atoms with Crippen LogP contribution in [0, 0.1) is 12.7 Å². The predicted octanol–water partition coefficient (Wildman–Crippen LogP) is 1.62. The van der Waals surface area contributed by atoms with E-state index in [9.17, 15) is 4.39 Å². The molecule has 1 aromatic carbocycles. The summed E-state index contributed by atoms with van der Waals surface area (Å²) in [7, 11) is 1.82. The molecule has 2 saturated heterocycles. The van der Waals surface area contributed by atoms with Gasteiger partial charge in [-0.25, -0.2) is 4.39 Å². The standard InChI is InChI=1S/C18H27FN4O/c1-14-11-15(3-4-17(14)19)12-21-18(20-2)23-6-5-16(13-23)22-7-9-24-10-8-22/h3-4,11,16H,5-10,12-13H2,1-2H3,(H,20,21). The van der Waals surface area contributed by atoms with Crippen LogP contribution in [0.5, 0.6) is 0 Å². The van der Waals surface area contributed by atoms with Gasteiger partial charge < -0.3 is 15.0 Å². The molecule has 6 heteroatoms. The third-order valence-electron chi connectivity index (χ3n) is 4.91. The molecule has 0 bridgehead atoms. The van der Waals surface area contributed by atoms with Crippen LogP contribution in [0.3, 0.4) is 0 Å². The topological polar surface area (TPSA) is 40.1 Å². The maximum absolute atomic E-state index is 13.4. The first kappa shape index (κ1) is 17.2. The van der Waals surface area contributed by atoms with Gasteiger partial charge in [0, 0.05) is 45.8 Å². The quantitative estimate of drug-likeness (QED) is 0.674. The van der Waals surface area contributed by atoms with Gasteiger partial charge in [0.25, 0.3) is 0 Å². The fourth-order valence-electron chi connectivity index (χ4n) is 3.51. The lowest BCUT2D eigenvalue weighted by Gasteiger charge is -2.32. The number of likely N-dealkylation sites (tertiary alicyclic amines) is 1. The molecule has 0 aromatic heterocycles. The third kappa shape index (κ3) is 4.05. The fourth-order valence-corrected chi connectivity index (χ4v) is 3.51. The highest BCUT2D eigenvalue weighted by atomic mass is 19.1. The number of hydrogen-bond donors (Lipinski definition) is 1. The minimum Gasteiger partial charge on any atom is -0.379 e. The first-order valence-electron chi connectivity index (χ1n) is 8.70. The van der Waals surface area contributed by atoms with Crippen LogP contribution in [0.2, 0.25) is 0 Å². The van der Waals surface area contributed by atoms with Gasteiger partial charge in [-0.15, -0.1) is 0 Å². The molecular formula is C18H27FN4O. The van der Waals surface area contributed by atoms with Crippen LogP contribution >= 0.6 is 0 Å². The number of nitrogens with zero attached hydrogens (tertiary/aromatic N) is 3. The fraction of sp³-hybridized carbons (Fsp3) is 0.611. The van der Waals surface area contributed by atoms with Crippen molar-refractivity contribution in [2.75, 3.05) is 46.4 Å². The van der Waals surface area contributed by atoms with Gasteiger partial charge in [0.05, 0.1) is 13.2 Å². The SMILES string of the molecule is CN=C(NCc1ccc(F)c(C)c1)N1CCC(N2CCOCC2)C1. The van der Waals surface area contributed by atoms with Crippen LogP contribution in [0.1, 0.15) is 17.5 Å². The lowest BCUT2D eigenvalue weighted by molar-refractivity contribution is 0.0195. The van der Waals surface area contributed by atoms with E-state index in [1.165, 1.54) is 6.07 Å². The van der Waals surface area contributed by atoms with E-state index in [1.54, 1.807) is 6.92 Å². The Kier molecular flexibility index (Phi) is 5.68. The van der Waals surface area contributed by atoms with E-state index in [2.05, 4.69) is 20.1 Å². The van der Waals surface area contributed by atoms with Crippen LogP contribution in [-0.2, 0) is 11.3 Å². The van der Waals surface area contributed by atoms with Gasteiger partial charge in [-0.1, -0.05) is 12.1 Å². The molecule has 1 N–H and O–H groups in total. The lowest BCUT2D eigenvalue weighted by atomic mass is 10.1.